The number of nitrogens with one attached hydrogen (secondary N) is 1. The van der Waals surface area contributed by atoms with E-state index in [1.54, 1.807) is 4.68 Å². The van der Waals surface area contributed by atoms with Crippen LogP contribution in [0.1, 0.15) is 58.1 Å². The standard InChI is InChI=1S/C14H28N4O/c1-3-5-8-13(7-4-2)15-11-14-12-18(17-16-14)9-6-10-19/h12-13,15,19H,3-11H2,1-2H3. The molecule has 0 aromatic carbocycles. The van der Waals surface area contributed by atoms with Gasteiger partial charge >= 0.3 is 0 Å². The lowest BCUT2D eigenvalue weighted by Gasteiger charge is -2.16. The maximum Gasteiger partial charge on any atom is 0.0964 e. The average Bonchev–Trinajstić information content (AvgIpc) is 2.87. The Kier molecular flexibility index (Phi) is 8.41. The molecule has 1 aromatic rings. The van der Waals surface area contributed by atoms with Gasteiger partial charge in [-0.25, -0.2) is 0 Å². The molecule has 19 heavy (non-hydrogen) atoms. The number of nitrogens with zero attached hydrogens (tertiary/aromatic N) is 3. The van der Waals surface area contributed by atoms with Crippen molar-refractivity contribution >= 4 is 0 Å². The Bertz CT molecular complexity index is 327. The molecule has 5 nitrogen and oxygen atoms in total. The first-order valence-corrected chi connectivity index (χ1v) is 7.53. The first-order valence-electron chi connectivity index (χ1n) is 7.53. The van der Waals surface area contributed by atoms with Gasteiger partial charge in [0.05, 0.1) is 5.69 Å². The maximum atomic E-state index is 8.78. The van der Waals surface area contributed by atoms with E-state index in [1.165, 1.54) is 32.1 Å². The van der Waals surface area contributed by atoms with Crippen LogP contribution in [0.2, 0.25) is 0 Å². The van der Waals surface area contributed by atoms with Crippen molar-refractivity contribution in [3.63, 3.8) is 0 Å². The average molecular weight is 268 g/mol. The number of hydrogen-bond donors (Lipinski definition) is 2. The van der Waals surface area contributed by atoms with Crippen LogP contribution in [0.3, 0.4) is 0 Å². The van der Waals surface area contributed by atoms with Crippen LogP contribution in [-0.4, -0.2) is 32.7 Å². The summed E-state index contributed by atoms with van der Waals surface area (Å²) < 4.78 is 1.80. The summed E-state index contributed by atoms with van der Waals surface area (Å²) in [5.41, 5.74) is 0.982. The van der Waals surface area contributed by atoms with Crippen molar-refractivity contribution in [2.45, 2.75) is 71.5 Å². The van der Waals surface area contributed by atoms with Crippen LogP contribution < -0.4 is 5.32 Å². The molecule has 0 saturated heterocycles. The van der Waals surface area contributed by atoms with E-state index in [0.717, 1.165) is 25.2 Å². The van der Waals surface area contributed by atoms with Crippen molar-refractivity contribution in [2.75, 3.05) is 6.61 Å². The second-order valence-corrected chi connectivity index (χ2v) is 5.06. The Morgan fingerprint density at radius 3 is 2.79 bits per heavy atom. The molecule has 2 N–H and O–H groups in total. The first-order chi connectivity index (χ1) is 9.30. The molecule has 1 unspecified atom stereocenters. The molecular weight excluding hydrogens is 240 g/mol. The predicted octanol–water partition coefficient (Wildman–Crippen LogP) is 2.11. The number of aliphatic hydroxyl groups excluding tert-OH is 1. The van der Waals surface area contributed by atoms with E-state index >= 15 is 0 Å². The molecule has 1 atom stereocenters. The van der Waals surface area contributed by atoms with Crippen LogP contribution in [0, 0.1) is 0 Å². The summed E-state index contributed by atoms with van der Waals surface area (Å²) in [6.07, 6.45) is 8.89. The zero-order chi connectivity index (χ0) is 13.9. The molecule has 0 bridgehead atoms. The third kappa shape index (κ3) is 6.68. The lowest BCUT2D eigenvalue weighted by Crippen LogP contribution is -2.28. The quantitative estimate of drug-likeness (QED) is 0.645. The zero-order valence-electron chi connectivity index (χ0n) is 12.3. The highest BCUT2D eigenvalue weighted by atomic mass is 16.3. The third-order valence-electron chi connectivity index (χ3n) is 3.25. The summed E-state index contributed by atoms with van der Waals surface area (Å²) >= 11 is 0. The number of aryl methyl sites for hydroxylation is 1. The molecule has 0 radical (unpaired) electrons. The van der Waals surface area contributed by atoms with Crippen molar-refractivity contribution in [3.05, 3.63) is 11.9 Å². The summed E-state index contributed by atoms with van der Waals surface area (Å²) in [7, 11) is 0. The van der Waals surface area contributed by atoms with E-state index in [0.29, 0.717) is 6.04 Å². The Hall–Kier alpha value is -0.940. The number of rotatable bonds is 11. The lowest BCUT2D eigenvalue weighted by atomic mass is 10.1. The van der Waals surface area contributed by atoms with Crippen molar-refractivity contribution in [3.8, 4) is 0 Å². The molecule has 0 saturated carbocycles. The van der Waals surface area contributed by atoms with E-state index in [9.17, 15) is 0 Å². The van der Waals surface area contributed by atoms with Crippen LogP contribution in [0.4, 0.5) is 0 Å². The van der Waals surface area contributed by atoms with Gasteiger partial charge < -0.3 is 10.4 Å². The number of aromatic nitrogens is 3. The SMILES string of the molecule is CCCCC(CCC)NCc1cn(CCCO)nn1. The highest BCUT2D eigenvalue weighted by molar-refractivity contribution is 4.92. The van der Waals surface area contributed by atoms with Gasteiger partial charge in [-0.3, -0.25) is 4.68 Å². The first kappa shape index (κ1) is 16.1. The second-order valence-electron chi connectivity index (χ2n) is 5.06. The van der Waals surface area contributed by atoms with E-state index in [2.05, 4.69) is 29.5 Å². The molecular formula is C14H28N4O. The molecule has 0 amide bonds. The van der Waals surface area contributed by atoms with E-state index in [4.69, 9.17) is 5.11 Å². The largest absolute Gasteiger partial charge is 0.396 e. The van der Waals surface area contributed by atoms with Crippen LogP contribution in [0.5, 0.6) is 0 Å². The van der Waals surface area contributed by atoms with Gasteiger partial charge in [0.25, 0.3) is 0 Å². The maximum absolute atomic E-state index is 8.78. The van der Waals surface area contributed by atoms with Crippen LogP contribution >= 0.6 is 0 Å². The van der Waals surface area contributed by atoms with Crippen LogP contribution in [0.25, 0.3) is 0 Å². The van der Waals surface area contributed by atoms with Crippen molar-refractivity contribution in [2.24, 2.45) is 0 Å². The van der Waals surface area contributed by atoms with Gasteiger partial charge in [-0.05, 0) is 19.3 Å². The van der Waals surface area contributed by atoms with E-state index in [-0.39, 0.29) is 6.61 Å². The minimum absolute atomic E-state index is 0.197. The van der Waals surface area contributed by atoms with Crippen molar-refractivity contribution < 1.29 is 5.11 Å². The summed E-state index contributed by atoms with van der Waals surface area (Å²) in [5, 5.41) is 20.6. The van der Waals surface area contributed by atoms with Gasteiger partial charge in [0.15, 0.2) is 0 Å². The number of unbranched alkanes of at least 4 members (excludes halogenated alkanes) is 1. The van der Waals surface area contributed by atoms with Gasteiger partial charge in [0.2, 0.25) is 0 Å². The highest BCUT2D eigenvalue weighted by Crippen LogP contribution is 2.07. The zero-order valence-corrected chi connectivity index (χ0v) is 12.3. The molecule has 110 valence electrons. The minimum Gasteiger partial charge on any atom is -0.396 e. The molecule has 1 aromatic heterocycles. The normalized spacial score (nSPS) is 12.8. The molecule has 0 spiro atoms. The fourth-order valence-corrected chi connectivity index (χ4v) is 2.16. The fraction of sp³-hybridized carbons (Fsp3) is 0.857. The smallest absolute Gasteiger partial charge is 0.0964 e. The second kappa shape index (κ2) is 9.92. The Morgan fingerprint density at radius 2 is 2.11 bits per heavy atom. The van der Waals surface area contributed by atoms with Gasteiger partial charge in [0.1, 0.15) is 0 Å². The topological polar surface area (TPSA) is 63.0 Å². The number of hydrogen-bond acceptors (Lipinski definition) is 4. The van der Waals surface area contributed by atoms with E-state index < -0.39 is 0 Å². The summed E-state index contributed by atoms with van der Waals surface area (Å²) in [6, 6.07) is 0.590. The third-order valence-corrected chi connectivity index (χ3v) is 3.25. The molecule has 0 fully saturated rings. The molecule has 0 aliphatic rings. The van der Waals surface area contributed by atoms with Crippen molar-refractivity contribution in [1.29, 1.82) is 0 Å². The Morgan fingerprint density at radius 1 is 1.26 bits per heavy atom. The van der Waals surface area contributed by atoms with Gasteiger partial charge in [-0.15, -0.1) is 5.10 Å². The molecule has 1 rings (SSSR count). The Balaban J connectivity index is 2.33. The van der Waals surface area contributed by atoms with Gasteiger partial charge in [0, 0.05) is 31.9 Å². The molecule has 0 aliphatic heterocycles. The summed E-state index contributed by atoms with van der Waals surface area (Å²) in [4.78, 5) is 0. The number of aliphatic hydroxyl groups is 1. The predicted molar refractivity (Wildman–Crippen MR) is 76.8 cm³/mol. The molecule has 5 heteroatoms. The highest BCUT2D eigenvalue weighted by Gasteiger charge is 2.08. The van der Waals surface area contributed by atoms with Crippen LogP contribution in [-0.2, 0) is 13.1 Å². The van der Waals surface area contributed by atoms with E-state index in [1.807, 2.05) is 6.20 Å². The monoisotopic (exact) mass is 268 g/mol. The summed E-state index contributed by atoms with van der Waals surface area (Å²) in [6.45, 7) is 6.18. The molecule has 1 heterocycles. The van der Waals surface area contributed by atoms with Gasteiger partial charge in [-0.2, -0.15) is 0 Å². The lowest BCUT2D eigenvalue weighted by molar-refractivity contribution is 0.276. The minimum atomic E-state index is 0.197. The summed E-state index contributed by atoms with van der Waals surface area (Å²) in [5.74, 6) is 0. The fourth-order valence-electron chi connectivity index (χ4n) is 2.16. The van der Waals surface area contributed by atoms with Crippen molar-refractivity contribution in [1.82, 2.24) is 20.3 Å². The van der Waals surface area contributed by atoms with Crippen LogP contribution in [0.15, 0.2) is 6.20 Å². The van der Waals surface area contributed by atoms with Gasteiger partial charge in [-0.1, -0.05) is 38.3 Å². The Labute approximate surface area is 116 Å². The molecule has 0 aliphatic carbocycles.